The molecule has 0 spiro atoms. The topological polar surface area (TPSA) is 77.8 Å². The van der Waals surface area contributed by atoms with Gasteiger partial charge in [-0.05, 0) is 37.3 Å². The zero-order valence-electron chi connectivity index (χ0n) is 11.3. The van der Waals surface area contributed by atoms with Gasteiger partial charge >= 0.3 is 0 Å². The fourth-order valence-electron chi connectivity index (χ4n) is 2.22. The third-order valence-electron chi connectivity index (χ3n) is 3.17. The van der Waals surface area contributed by atoms with E-state index in [1.165, 1.54) is 6.07 Å². The van der Waals surface area contributed by atoms with Crippen molar-refractivity contribution >= 4 is 34.9 Å². The summed E-state index contributed by atoms with van der Waals surface area (Å²) < 4.78 is 14.3. The van der Waals surface area contributed by atoms with Crippen LogP contribution < -0.4 is 11.5 Å². The molecule has 2 aromatic heterocycles. The smallest absolute Gasteiger partial charge is 0.133 e. The van der Waals surface area contributed by atoms with Gasteiger partial charge in [0.05, 0.1) is 5.52 Å². The zero-order chi connectivity index (χ0) is 14.3. The number of hydrogen-bond donors (Lipinski definition) is 2. The van der Waals surface area contributed by atoms with Gasteiger partial charge in [-0.15, -0.1) is 12.4 Å². The van der Waals surface area contributed by atoms with E-state index >= 15 is 0 Å². The third-order valence-corrected chi connectivity index (χ3v) is 3.17. The molecule has 0 saturated carbocycles. The summed E-state index contributed by atoms with van der Waals surface area (Å²) in [5, 5.41) is 0.850. The van der Waals surface area contributed by atoms with Crippen molar-refractivity contribution in [3.8, 4) is 11.1 Å². The molecule has 108 valence electrons. The van der Waals surface area contributed by atoms with E-state index in [1.54, 1.807) is 18.2 Å². The molecule has 6 heteroatoms. The quantitative estimate of drug-likeness (QED) is 0.723. The summed E-state index contributed by atoms with van der Waals surface area (Å²) >= 11 is 0. The predicted molar refractivity (Wildman–Crippen MR) is 85.7 cm³/mol. The summed E-state index contributed by atoms with van der Waals surface area (Å²) in [6.07, 6.45) is 0. The summed E-state index contributed by atoms with van der Waals surface area (Å²) in [6, 6.07) is 10.2. The molecule has 3 rings (SSSR count). The molecular formula is C15H14ClFN4. The lowest BCUT2D eigenvalue weighted by atomic mass is 10.0. The number of nitrogens with two attached hydrogens (primary N) is 2. The van der Waals surface area contributed by atoms with Crippen molar-refractivity contribution in [1.82, 2.24) is 9.97 Å². The molecule has 0 amide bonds. The van der Waals surface area contributed by atoms with Crippen LogP contribution in [0.15, 0.2) is 36.4 Å². The van der Waals surface area contributed by atoms with Crippen molar-refractivity contribution in [3.63, 3.8) is 0 Å². The van der Waals surface area contributed by atoms with Crippen LogP contribution in [0.25, 0.3) is 22.0 Å². The van der Waals surface area contributed by atoms with Gasteiger partial charge in [-0.3, -0.25) is 4.98 Å². The van der Waals surface area contributed by atoms with Crippen LogP contribution >= 0.6 is 12.4 Å². The second kappa shape index (κ2) is 5.54. The Morgan fingerprint density at radius 1 is 0.952 bits per heavy atom. The highest BCUT2D eigenvalue weighted by atomic mass is 35.5. The number of nitrogens with zero attached hydrogens (tertiary/aromatic N) is 2. The van der Waals surface area contributed by atoms with Crippen LogP contribution in [0.1, 0.15) is 5.69 Å². The number of nitrogen functional groups attached to an aromatic ring is 2. The van der Waals surface area contributed by atoms with Crippen molar-refractivity contribution in [3.05, 3.63) is 47.9 Å². The SMILES string of the molecule is Cc1ccc2ccc(F)c(-c3ccc(N)nc3N)c2n1.Cl. The van der Waals surface area contributed by atoms with Crippen LogP contribution in [0.2, 0.25) is 0 Å². The Labute approximate surface area is 127 Å². The van der Waals surface area contributed by atoms with Crippen molar-refractivity contribution in [2.75, 3.05) is 11.5 Å². The van der Waals surface area contributed by atoms with Gasteiger partial charge in [-0.25, -0.2) is 9.37 Å². The van der Waals surface area contributed by atoms with E-state index in [0.717, 1.165) is 11.1 Å². The third kappa shape index (κ3) is 2.60. The van der Waals surface area contributed by atoms with E-state index in [4.69, 9.17) is 11.5 Å². The first-order valence-electron chi connectivity index (χ1n) is 6.14. The minimum atomic E-state index is -0.381. The summed E-state index contributed by atoms with van der Waals surface area (Å²) in [6.45, 7) is 1.86. The Hall–Kier alpha value is -2.40. The van der Waals surface area contributed by atoms with Crippen molar-refractivity contribution in [2.45, 2.75) is 6.92 Å². The van der Waals surface area contributed by atoms with Gasteiger partial charge in [-0.2, -0.15) is 0 Å². The van der Waals surface area contributed by atoms with Gasteiger partial charge in [0.25, 0.3) is 0 Å². The highest BCUT2D eigenvalue weighted by molar-refractivity contribution is 5.96. The van der Waals surface area contributed by atoms with E-state index in [0.29, 0.717) is 22.5 Å². The van der Waals surface area contributed by atoms with E-state index in [2.05, 4.69) is 9.97 Å². The fraction of sp³-hybridized carbons (Fsp3) is 0.0667. The number of aryl methyl sites for hydroxylation is 1. The molecule has 0 atom stereocenters. The van der Waals surface area contributed by atoms with Crippen LogP contribution in [0.5, 0.6) is 0 Å². The lowest BCUT2D eigenvalue weighted by Gasteiger charge is -2.10. The highest BCUT2D eigenvalue weighted by Crippen LogP contribution is 2.33. The highest BCUT2D eigenvalue weighted by Gasteiger charge is 2.15. The van der Waals surface area contributed by atoms with E-state index in [9.17, 15) is 4.39 Å². The molecular weight excluding hydrogens is 291 g/mol. The molecule has 0 fully saturated rings. The largest absolute Gasteiger partial charge is 0.384 e. The summed E-state index contributed by atoms with van der Waals surface area (Å²) in [7, 11) is 0. The van der Waals surface area contributed by atoms with Gasteiger partial charge in [0.15, 0.2) is 0 Å². The number of hydrogen-bond acceptors (Lipinski definition) is 4. The molecule has 3 aromatic rings. The van der Waals surface area contributed by atoms with E-state index in [-0.39, 0.29) is 24.0 Å². The van der Waals surface area contributed by atoms with Crippen molar-refractivity contribution < 1.29 is 4.39 Å². The minimum absolute atomic E-state index is 0. The van der Waals surface area contributed by atoms with Crippen molar-refractivity contribution in [2.24, 2.45) is 0 Å². The average Bonchev–Trinajstić information content (AvgIpc) is 2.40. The van der Waals surface area contributed by atoms with E-state index in [1.807, 2.05) is 19.1 Å². The molecule has 21 heavy (non-hydrogen) atoms. The lowest BCUT2D eigenvalue weighted by molar-refractivity contribution is 0.632. The number of pyridine rings is 2. The van der Waals surface area contributed by atoms with Crippen LogP contribution in [-0.4, -0.2) is 9.97 Å². The molecule has 1 aromatic carbocycles. The van der Waals surface area contributed by atoms with Gasteiger partial charge in [0.2, 0.25) is 0 Å². The Kier molecular flexibility index (Phi) is 3.95. The Morgan fingerprint density at radius 2 is 1.67 bits per heavy atom. The second-order valence-corrected chi connectivity index (χ2v) is 4.62. The second-order valence-electron chi connectivity index (χ2n) is 4.62. The van der Waals surface area contributed by atoms with Crippen molar-refractivity contribution in [1.29, 1.82) is 0 Å². The maximum absolute atomic E-state index is 14.3. The van der Waals surface area contributed by atoms with Gasteiger partial charge in [-0.1, -0.05) is 6.07 Å². The molecule has 0 aliphatic heterocycles. The number of benzene rings is 1. The van der Waals surface area contributed by atoms with Crippen LogP contribution in [0.4, 0.5) is 16.0 Å². The lowest BCUT2D eigenvalue weighted by Crippen LogP contribution is -2.00. The molecule has 0 saturated heterocycles. The Morgan fingerprint density at radius 3 is 2.38 bits per heavy atom. The number of rotatable bonds is 1. The number of fused-ring (bicyclic) bond motifs is 1. The maximum atomic E-state index is 14.3. The molecule has 0 aliphatic rings. The van der Waals surface area contributed by atoms with Crippen LogP contribution in [0, 0.1) is 12.7 Å². The molecule has 0 radical (unpaired) electrons. The number of halogens is 2. The summed E-state index contributed by atoms with van der Waals surface area (Å²) in [4.78, 5) is 8.40. The fourth-order valence-corrected chi connectivity index (χ4v) is 2.22. The first-order chi connectivity index (χ1) is 9.56. The Balaban J connectivity index is 0.00000161. The number of anilines is 2. The minimum Gasteiger partial charge on any atom is -0.384 e. The first kappa shape index (κ1) is 15.0. The zero-order valence-corrected chi connectivity index (χ0v) is 12.1. The standard InChI is InChI=1S/C15H13FN4.ClH/c1-8-2-3-9-4-6-11(16)13(14(9)19-8)10-5-7-12(17)20-15(10)18;/h2-7H,1H3,(H4,17,18,20);1H. The molecule has 2 heterocycles. The Bertz CT molecular complexity index is 815. The molecule has 4 nitrogen and oxygen atoms in total. The van der Waals surface area contributed by atoms with Crippen LogP contribution in [-0.2, 0) is 0 Å². The average molecular weight is 305 g/mol. The monoisotopic (exact) mass is 304 g/mol. The van der Waals surface area contributed by atoms with Crippen LogP contribution in [0.3, 0.4) is 0 Å². The summed E-state index contributed by atoms with van der Waals surface area (Å²) in [5.74, 6) is 0.115. The molecule has 0 unspecified atom stereocenters. The van der Waals surface area contributed by atoms with Gasteiger partial charge in [0.1, 0.15) is 17.5 Å². The molecule has 0 bridgehead atoms. The van der Waals surface area contributed by atoms with Gasteiger partial charge in [0, 0.05) is 22.2 Å². The number of aromatic nitrogens is 2. The van der Waals surface area contributed by atoms with Gasteiger partial charge < -0.3 is 11.5 Å². The molecule has 0 aliphatic carbocycles. The maximum Gasteiger partial charge on any atom is 0.133 e. The van der Waals surface area contributed by atoms with E-state index < -0.39 is 0 Å². The summed E-state index contributed by atoms with van der Waals surface area (Å²) in [5.41, 5.74) is 13.7. The molecule has 4 N–H and O–H groups in total. The predicted octanol–water partition coefficient (Wildman–Crippen LogP) is 3.33. The first-order valence-corrected chi connectivity index (χ1v) is 6.14. The normalized spacial score (nSPS) is 10.4.